The van der Waals surface area contributed by atoms with Gasteiger partial charge in [0.25, 0.3) is 0 Å². The number of aromatic hydroxyl groups is 1. The SMILES string of the molecule is CCOc1cc(C=NNC(=O)CSc2ccccn2)ccc1O. The van der Waals surface area contributed by atoms with Crippen LogP contribution in [0.1, 0.15) is 12.5 Å². The van der Waals surface area contributed by atoms with E-state index in [0.717, 1.165) is 5.03 Å². The lowest BCUT2D eigenvalue weighted by Crippen LogP contribution is -2.19. The number of ether oxygens (including phenoxy) is 1. The van der Waals surface area contributed by atoms with Gasteiger partial charge >= 0.3 is 0 Å². The molecular weight excluding hydrogens is 314 g/mol. The van der Waals surface area contributed by atoms with E-state index in [-0.39, 0.29) is 17.4 Å². The Hall–Kier alpha value is -2.54. The number of benzene rings is 1. The fourth-order valence-electron chi connectivity index (χ4n) is 1.67. The first-order chi connectivity index (χ1) is 11.2. The summed E-state index contributed by atoms with van der Waals surface area (Å²) in [6.45, 7) is 2.29. The Morgan fingerprint density at radius 1 is 1.43 bits per heavy atom. The van der Waals surface area contributed by atoms with E-state index in [0.29, 0.717) is 17.9 Å². The van der Waals surface area contributed by atoms with E-state index in [1.54, 1.807) is 18.3 Å². The zero-order valence-electron chi connectivity index (χ0n) is 12.6. The molecule has 0 atom stereocenters. The molecule has 0 saturated carbocycles. The number of nitrogens with one attached hydrogen (secondary N) is 1. The molecule has 120 valence electrons. The maximum absolute atomic E-state index is 11.7. The van der Waals surface area contributed by atoms with E-state index in [9.17, 15) is 9.90 Å². The van der Waals surface area contributed by atoms with E-state index in [2.05, 4.69) is 15.5 Å². The van der Waals surface area contributed by atoms with E-state index in [1.807, 2.05) is 25.1 Å². The van der Waals surface area contributed by atoms with Crippen molar-refractivity contribution < 1.29 is 14.6 Å². The van der Waals surface area contributed by atoms with Gasteiger partial charge in [-0.05, 0) is 42.8 Å². The van der Waals surface area contributed by atoms with Crippen molar-refractivity contribution in [3.05, 3.63) is 48.2 Å². The third kappa shape index (κ3) is 5.63. The summed E-state index contributed by atoms with van der Waals surface area (Å²) in [4.78, 5) is 15.8. The molecule has 0 aliphatic carbocycles. The van der Waals surface area contributed by atoms with E-state index in [4.69, 9.17) is 4.74 Å². The Labute approximate surface area is 138 Å². The highest BCUT2D eigenvalue weighted by atomic mass is 32.2. The predicted octanol–water partition coefficient (Wildman–Crippen LogP) is 2.43. The van der Waals surface area contributed by atoms with Gasteiger partial charge in [-0.1, -0.05) is 17.8 Å². The molecule has 0 radical (unpaired) electrons. The first-order valence-corrected chi connectivity index (χ1v) is 7.99. The van der Waals surface area contributed by atoms with Crippen molar-refractivity contribution >= 4 is 23.9 Å². The van der Waals surface area contributed by atoms with Crippen molar-refractivity contribution in [2.24, 2.45) is 5.10 Å². The molecule has 0 unspecified atom stereocenters. The standard InChI is InChI=1S/C16H17N3O3S/c1-2-22-14-9-12(6-7-13(14)20)10-18-19-15(21)11-23-16-5-3-4-8-17-16/h3-10,20H,2,11H2,1H3,(H,19,21). The molecule has 2 rings (SSSR count). The number of aromatic nitrogens is 1. The highest BCUT2D eigenvalue weighted by molar-refractivity contribution is 7.99. The molecule has 6 nitrogen and oxygen atoms in total. The zero-order valence-corrected chi connectivity index (χ0v) is 13.4. The first kappa shape index (κ1) is 16.8. The fourth-order valence-corrected chi connectivity index (χ4v) is 2.32. The van der Waals surface area contributed by atoms with E-state index in [1.165, 1.54) is 24.0 Å². The van der Waals surface area contributed by atoms with Crippen LogP contribution < -0.4 is 10.2 Å². The molecule has 7 heteroatoms. The molecule has 2 aromatic rings. The van der Waals surface area contributed by atoms with Gasteiger partial charge in [0.15, 0.2) is 11.5 Å². The van der Waals surface area contributed by atoms with Gasteiger partial charge in [0.2, 0.25) is 5.91 Å². The number of phenols is 1. The molecule has 1 aromatic heterocycles. The molecule has 0 spiro atoms. The molecule has 2 N–H and O–H groups in total. The number of hydrogen-bond donors (Lipinski definition) is 2. The Balaban J connectivity index is 1.84. The minimum Gasteiger partial charge on any atom is -0.504 e. The molecule has 0 fully saturated rings. The van der Waals surface area contributed by atoms with Crippen LogP contribution in [0.4, 0.5) is 0 Å². The van der Waals surface area contributed by atoms with Gasteiger partial charge in [0, 0.05) is 6.20 Å². The summed E-state index contributed by atoms with van der Waals surface area (Å²) >= 11 is 1.34. The molecule has 0 bridgehead atoms. The number of phenolic OH excluding ortho intramolecular Hbond substituents is 1. The van der Waals surface area contributed by atoms with Crippen molar-refractivity contribution in [2.75, 3.05) is 12.4 Å². The smallest absolute Gasteiger partial charge is 0.250 e. The quantitative estimate of drug-likeness (QED) is 0.462. The number of amides is 1. The average molecular weight is 331 g/mol. The predicted molar refractivity (Wildman–Crippen MR) is 90.0 cm³/mol. The molecule has 0 aliphatic rings. The van der Waals surface area contributed by atoms with Crippen molar-refractivity contribution in [1.82, 2.24) is 10.4 Å². The summed E-state index contributed by atoms with van der Waals surface area (Å²) < 4.78 is 5.28. The summed E-state index contributed by atoms with van der Waals surface area (Å²) in [5.74, 6) is 0.461. The lowest BCUT2D eigenvalue weighted by atomic mass is 10.2. The minimum absolute atomic E-state index is 0.0693. The fraction of sp³-hybridized carbons (Fsp3) is 0.188. The monoisotopic (exact) mass is 331 g/mol. The van der Waals surface area contributed by atoms with Gasteiger partial charge in [0.1, 0.15) is 0 Å². The van der Waals surface area contributed by atoms with Gasteiger partial charge in [-0.3, -0.25) is 4.79 Å². The van der Waals surface area contributed by atoms with Gasteiger partial charge in [-0.25, -0.2) is 10.4 Å². The molecule has 23 heavy (non-hydrogen) atoms. The van der Waals surface area contributed by atoms with Crippen LogP contribution in [-0.4, -0.2) is 34.6 Å². The molecule has 1 aromatic carbocycles. The molecule has 0 saturated heterocycles. The van der Waals surface area contributed by atoms with Gasteiger partial charge in [-0.2, -0.15) is 5.10 Å². The lowest BCUT2D eigenvalue weighted by Gasteiger charge is -2.06. The minimum atomic E-state index is -0.222. The van der Waals surface area contributed by atoms with Crippen LogP contribution >= 0.6 is 11.8 Å². The number of hydrogen-bond acceptors (Lipinski definition) is 6. The van der Waals surface area contributed by atoms with Crippen LogP contribution in [0.5, 0.6) is 11.5 Å². The number of rotatable bonds is 7. The first-order valence-electron chi connectivity index (χ1n) is 7.00. The maximum Gasteiger partial charge on any atom is 0.250 e. The second-order valence-electron chi connectivity index (χ2n) is 4.41. The maximum atomic E-state index is 11.7. The van der Waals surface area contributed by atoms with Crippen molar-refractivity contribution in [3.8, 4) is 11.5 Å². The van der Waals surface area contributed by atoms with Crippen molar-refractivity contribution in [2.45, 2.75) is 11.9 Å². The summed E-state index contributed by atoms with van der Waals surface area (Å²) in [6, 6.07) is 10.4. The molecular formula is C16H17N3O3S. The zero-order chi connectivity index (χ0) is 16.5. The summed E-state index contributed by atoms with van der Waals surface area (Å²) in [5, 5.41) is 14.3. The number of thioether (sulfide) groups is 1. The summed E-state index contributed by atoms with van der Waals surface area (Å²) in [5.41, 5.74) is 3.16. The van der Waals surface area contributed by atoms with Crippen LogP contribution in [0.15, 0.2) is 52.7 Å². The lowest BCUT2D eigenvalue weighted by molar-refractivity contribution is -0.118. The van der Waals surface area contributed by atoms with E-state index >= 15 is 0 Å². The highest BCUT2D eigenvalue weighted by Gasteiger charge is 2.03. The average Bonchev–Trinajstić information content (AvgIpc) is 2.57. The van der Waals surface area contributed by atoms with Gasteiger partial charge in [0.05, 0.1) is 23.6 Å². The Kier molecular flexibility index (Phi) is 6.43. The van der Waals surface area contributed by atoms with Crippen LogP contribution in [-0.2, 0) is 4.79 Å². The van der Waals surface area contributed by atoms with Crippen molar-refractivity contribution in [3.63, 3.8) is 0 Å². The number of carbonyl (C=O) groups excluding carboxylic acids is 1. The third-order valence-electron chi connectivity index (χ3n) is 2.68. The van der Waals surface area contributed by atoms with Crippen molar-refractivity contribution in [1.29, 1.82) is 0 Å². The second-order valence-corrected chi connectivity index (χ2v) is 5.41. The number of nitrogens with zero attached hydrogens (tertiary/aromatic N) is 2. The number of carbonyl (C=O) groups is 1. The van der Waals surface area contributed by atoms with Gasteiger partial charge < -0.3 is 9.84 Å². The third-order valence-corrected chi connectivity index (χ3v) is 3.62. The molecule has 0 aliphatic heterocycles. The Morgan fingerprint density at radius 3 is 3.04 bits per heavy atom. The van der Waals surface area contributed by atoms with Gasteiger partial charge in [-0.15, -0.1) is 0 Å². The molecule has 1 amide bonds. The number of pyridine rings is 1. The number of hydrazone groups is 1. The second kappa shape index (κ2) is 8.79. The Morgan fingerprint density at radius 2 is 2.30 bits per heavy atom. The largest absolute Gasteiger partial charge is 0.504 e. The highest BCUT2D eigenvalue weighted by Crippen LogP contribution is 2.26. The summed E-state index contributed by atoms with van der Waals surface area (Å²) in [6.07, 6.45) is 3.17. The van der Waals surface area contributed by atoms with Crippen LogP contribution in [0, 0.1) is 0 Å². The topological polar surface area (TPSA) is 83.8 Å². The normalized spacial score (nSPS) is 10.7. The molecule has 1 heterocycles. The van der Waals surface area contributed by atoms with Crippen LogP contribution in [0.3, 0.4) is 0 Å². The Bertz CT molecular complexity index is 678. The van der Waals surface area contributed by atoms with Crippen LogP contribution in [0.2, 0.25) is 0 Å². The van der Waals surface area contributed by atoms with E-state index < -0.39 is 0 Å². The summed E-state index contributed by atoms with van der Waals surface area (Å²) in [7, 11) is 0. The van der Waals surface area contributed by atoms with Crippen LogP contribution in [0.25, 0.3) is 0 Å².